The summed E-state index contributed by atoms with van der Waals surface area (Å²) in [6.45, 7) is 14.9. The van der Waals surface area contributed by atoms with Crippen LogP contribution in [0.5, 0.6) is 5.88 Å². The van der Waals surface area contributed by atoms with Gasteiger partial charge >= 0.3 is 0 Å². The second kappa shape index (κ2) is 8.22. The van der Waals surface area contributed by atoms with E-state index < -0.39 is 13.9 Å². The SMILES string of the molecule is CCCCOc1noc2c1C(=O)[C@@]1(O[Si](C)(C)C(C)(C)C)C(=O)C=CCC1[C@@H]2N1CCC1. The minimum absolute atomic E-state index is 0.157. The number of hydrogen-bond acceptors (Lipinski definition) is 7. The summed E-state index contributed by atoms with van der Waals surface area (Å²) < 4.78 is 18.5. The van der Waals surface area contributed by atoms with E-state index in [0.717, 1.165) is 32.4 Å². The Morgan fingerprint density at radius 1 is 1.28 bits per heavy atom. The molecule has 3 atom stereocenters. The van der Waals surface area contributed by atoms with Gasteiger partial charge in [-0.15, -0.1) is 0 Å². The standard InChI is InChI=1S/C24H36N2O5Si/c1-7-8-15-29-22-18-20(30-25-22)19(26-13-10-14-26)16-11-9-12-17(27)24(16,21(18)28)31-32(5,6)23(2,3)4/h9,12,16,19H,7-8,10-11,13-15H2,1-6H3/t16?,19-,24-/m0/s1. The highest BCUT2D eigenvalue weighted by Gasteiger charge is 2.65. The highest BCUT2D eigenvalue weighted by molar-refractivity contribution is 6.74. The quantitative estimate of drug-likeness (QED) is 0.331. The number of carbonyl (C=O) groups is 2. The van der Waals surface area contributed by atoms with Crippen LogP contribution < -0.4 is 4.74 Å². The second-order valence-electron chi connectivity index (χ2n) is 10.8. The summed E-state index contributed by atoms with van der Waals surface area (Å²) >= 11 is 0. The van der Waals surface area contributed by atoms with Gasteiger partial charge in [0.1, 0.15) is 5.56 Å². The fourth-order valence-corrected chi connectivity index (χ4v) is 6.13. The van der Waals surface area contributed by atoms with Gasteiger partial charge in [-0.25, -0.2) is 0 Å². The molecule has 3 aliphatic rings. The number of ketones is 2. The van der Waals surface area contributed by atoms with Crippen molar-refractivity contribution in [2.45, 2.75) is 83.2 Å². The maximum atomic E-state index is 14.2. The Hall–Kier alpha value is -1.77. The van der Waals surface area contributed by atoms with E-state index in [4.69, 9.17) is 13.7 Å². The van der Waals surface area contributed by atoms with Crippen LogP contribution in [0.2, 0.25) is 18.1 Å². The number of likely N-dealkylation sites (tertiary alicyclic amines) is 1. The predicted octanol–water partition coefficient (Wildman–Crippen LogP) is 4.70. The van der Waals surface area contributed by atoms with Crippen LogP contribution in [-0.2, 0) is 9.22 Å². The highest BCUT2D eigenvalue weighted by Crippen LogP contribution is 2.54. The Morgan fingerprint density at radius 2 is 2.00 bits per heavy atom. The summed E-state index contributed by atoms with van der Waals surface area (Å²) in [4.78, 5) is 30.1. The summed E-state index contributed by atoms with van der Waals surface area (Å²) in [6.07, 6.45) is 6.89. The number of hydrogen-bond donors (Lipinski definition) is 0. The molecule has 1 unspecified atom stereocenters. The molecule has 7 nitrogen and oxygen atoms in total. The van der Waals surface area contributed by atoms with E-state index >= 15 is 0 Å². The molecule has 2 aliphatic carbocycles. The van der Waals surface area contributed by atoms with Crippen molar-refractivity contribution in [2.24, 2.45) is 5.92 Å². The minimum Gasteiger partial charge on any atom is -0.475 e. The number of nitrogens with zero attached hydrogens (tertiary/aromatic N) is 2. The smallest absolute Gasteiger partial charge is 0.265 e. The van der Waals surface area contributed by atoms with Crippen molar-refractivity contribution >= 4 is 19.9 Å². The summed E-state index contributed by atoms with van der Waals surface area (Å²) in [6, 6.07) is -0.230. The molecule has 1 aromatic heterocycles. The third-order valence-electron chi connectivity index (χ3n) is 7.69. The summed E-state index contributed by atoms with van der Waals surface area (Å²) in [5.41, 5.74) is -1.25. The number of carbonyl (C=O) groups excluding carboxylic acids is 2. The van der Waals surface area contributed by atoms with Gasteiger partial charge in [0.05, 0.1) is 12.6 Å². The minimum atomic E-state index is -2.49. The maximum Gasteiger partial charge on any atom is 0.265 e. The first-order chi connectivity index (χ1) is 15.0. The molecule has 0 aromatic carbocycles. The largest absolute Gasteiger partial charge is 0.475 e. The molecule has 0 spiro atoms. The fourth-order valence-electron chi connectivity index (χ4n) is 4.67. The normalized spacial score (nSPS) is 28.3. The van der Waals surface area contributed by atoms with Crippen molar-refractivity contribution in [3.63, 3.8) is 0 Å². The Bertz CT molecular complexity index is 927. The predicted molar refractivity (Wildman–Crippen MR) is 123 cm³/mol. The Labute approximate surface area is 191 Å². The Kier molecular flexibility index (Phi) is 6.01. The van der Waals surface area contributed by atoms with Crippen LogP contribution in [0.15, 0.2) is 16.7 Å². The number of unbranched alkanes of at least 4 members (excludes halogenated alkanes) is 1. The van der Waals surface area contributed by atoms with Gasteiger partial charge < -0.3 is 13.7 Å². The summed E-state index contributed by atoms with van der Waals surface area (Å²) in [5, 5.41) is 3.99. The third-order valence-corrected chi connectivity index (χ3v) is 12.1. The number of allylic oxidation sites excluding steroid dienone is 1. The summed E-state index contributed by atoms with van der Waals surface area (Å²) in [7, 11) is -2.49. The monoisotopic (exact) mass is 460 g/mol. The lowest BCUT2D eigenvalue weighted by atomic mass is 9.64. The Morgan fingerprint density at radius 3 is 2.59 bits per heavy atom. The lowest BCUT2D eigenvalue weighted by Gasteiger charge is -2.53. The topological polar surface area (TPSA) is 81.9 Å². The number of fused-ring (bicyclic) bond motifs is 2. The molecule has 8 heteroatoms. The molecule has 0 amide bonds. The van der Waals surface area contributed by atoms with E-state index in [9.17, 15) is 9.59 Å². The zero-order valence-electron chi connectivity index (χ0n) is 20.2. The molecule has 0 saturated carbocycles. The molecular formula is C24H36N2O5Si. The lowest BCUT2D eigenvalue weighted by molar-refractivity contribution is -0.137. The van der Waals surface area contributed by atoms with Gasteiger partial charge in [0.2, 0.25) is 5.78 Å². The van der Waals surface area contributed by atoms with Crippen molar-refractivity contribution < 1.29 is 23.3 Å². The van der Waals surface area contributed by atoms with Crippen LogP contribution >= 0.6 is 0 Å². The molecule has 1 aromatic rings. The number of aromatic nitrogens is 1. The number of ether oxygens (including phenoxy) is 1. The fraction of sp³-hybridized carbons (Fsp3) is 0.708. The van der Waals surface area contributed by atoms with Crippen LogP contribution in [0.25, 0.3) is 0 Å². The average molecular weight is 461 g/mol. The van der Waals surface area contributed by atoms with Crippen LogP contribution in [0, 0.1) is 5.92 Å². The van der Waals surface area contributed by atoms with Crippen LogP contribution in [-0.4, -0.2) is 55.2 Å². The molecule has 1 fully saturated rings. The summed E-state index contributed by atoms with van der Waals surface area (Å²) in [5.74, 6) is -0.223. The van der Waals surface area contributed by atoms with Gasteiger partial charge in [0.25, 0.3) is 5.88 Å². The van der Waals surface area contributed by atoms with Crippen LogP contribution in [0.3, 0.4) is 0 Å². The van der Waals surface area contributed by atoms with Crippen molar-refractivity contribution in [3.05, 3.63) is 23.5 Å². The number of rotatable bonds is 7. The van der Waals surface area contributed by atoms with Crippen molar-refractivity contribution in [2.75, 3.05) is 19.7 Å². The van der Waals surface area contributed by atoms with E-state index in [1.807, 2.05) is 6.08 Å². The molecule has 1 aliphatic heterocycles. The van der Waals surface area contributed by atoms with Crippen molar-refractivity contribution in [3.8, 4) is 5.88 Å². The van der Waals surface area contributed by atoms with E-state index in [1.165, 1.54) is 6.08 Å². The maximum absolute atomic E-state index is 14.2. The van der Waals surface area contributed by atoms with Crippen LogP contribution in [0.1, 0.15) is 75.5 Å². The molecule has 4 rings (SSSR count). The molecule has 0 N–H and O–H groups in total. The lowest BCUT2D eigenvalue weighted by Crippen LogP contribution is -2.66. The number of Topliss-reactive ketones (excluding diaryl/α,β-unsaturated/α-hetero) is 1. The van der Waals surface area contributed by atoms with Gasteiger partial charge in [0.15, 0.2) is 25.5 Å². The zero-order valence-corrected chi connectivity index (χ0v) is 21.2. The van der Waals surface area contributed by atoms with Crippen molar-refractivity contribution in [1.82, 2.24) is 10.1 Å². The van der Waals surface area contributed by atoms with Crippen molar-refractivity contribution in [1.29, 1.82) is 0 Å². The van der Waals surface area contributed by atoms with Crippen LogP contribution in [0.4, 0.5) is 0 Å². The van der Waals surface area contributed by atoms with E-state index in [0.29, 0.717) is 24.4 Å². The van der Waals surface area contributed by atoms with E-state index in [2.05, 4.69) is 50.8 Å². The molecule has 0 radical (unpaired) electrons. The average Bonchev–Trinajstić information content (AvgIpc) is 3.08. The molecule has 32 heavy (non-hydrogen) atoms. The molecule has 0 bridgehead atoms. The molecule has 1 saturated heterocycles. The third kappa shape index (κ3) is 3.51. The van der Waals surface area contributed by atoms with Gasteiger partial charge in [-0.2, -0.15) is 0 Å². The first-order valence-electron chi connectivity index (χ1n) is 11.9. The second-order valence-corrected chi connectivity index (χ2v) is 15.5. The molecular weight excluding hydrogens is 424 g/mol. The van der Waals surface area contributed by atoms with Gasteiger partial charge in [-0.1, -0.05) is 40.2 Å². The van der Waals surface area contributed by atoms with Gasteiger partial charge in [0, 0.05) is 19.0 Å². The Balaban J connectivity index is 1.87. The van der Waals surface area contributed by atoms with E-state index in [1.54, 1.807) is 0 Å². The van der Waals surface area contributed by atoms with Gasteiger partial charge in [-0.3, -0.25) is 14.5 Å². The molecule has 2 heterocycles. The van der Waals surface area contributed by atoms with E-state index in [-0.39, 0.29) is 34.4 Å². The van der Waals surface area contributed by atoms with Gasteiger partial charge in [-0.05, 0) is 48.6 Å². The molecule has 176 valence electrons. The zero-order chi connectivity index (χ0) is 23.3. The first kappa shape index (κ1) is 23.4. The highest BCUT2D eigenvalue weighted by atomic mass is 28.4. The first-order valence-corrected chi connectivity index (χ1v) is 14.8.